The van der Waals surface area contributed by atoms with E-state index in [4.69, 9.17) is 10.8 Å². The normalized spacial score (nSPS) is 36.1. The molecule has 1 aliphatic heterocycles. The second-order valence-electron chi connectivity index (χ2n) is 5.99. The van der Waals surface area contributed by atoms with Crippen LogP contribution in [0.1, 0.15) is 32.1 Å². The van der Waals surface area contributed by atoms with Gasteiger partial charge in [0.25, 0.3) is 0 Å². The summed E-state index contributed by atoms with van der Waals surface area (Å²) in [4.78, 5) is 25.4. The molecule has 0 aromatic heterocycles. The zero-order chi connectivity index (χ0) is 14.0. The summed E-state index contributed by atoms with van der Waals surface area (Å²) in [7, 11) is 2.04. The third kappa shape index (κ3) is 3.25. The lowest BCUT2D eigenvalue weighted by atomic mass is 9.77. The minimum Gasteiger partial charge on any atom is -0.480 e. The molecule has 0 bridgehead atoms. The average Bonchev–Trinajstić information content (AvgIpc) is 2.75. The van der Waals surface area contributed by atoms with E-state index >= 15 is 0 Å². The molecular formula is C13H23N3O3. The molecule has 108 valence electrons. The number of carbonyl (C=O) groups is 2. The number of aliphatic carboxylic acids is 1. The summed E-state index contributed by atoms with van der Waals surface area (Å²) in [5.41, 5.74) is 4.67. The van der Waals surface area contributed by atoms with Gasteiger partial charge in [-0.25, -0.2) is 0 Å². The Balaban J connectivity index is 1.81. The van der Waals surface area contributed by atoms with Gasteiger partial charge < -0.3 is 21.1 Å². The molecule has 1 unspecified atom stereocenters. The predicted octanol–water partition coefficient (Wildman–Crippen LogP) is -0.221. The summed E-state index contributed by atoms with van der Waals surface area (Å²) in [6, 6.07) is 0.238. The Hall–Kier alpha value is -1.14. The minimum atomic E-state index is -1.13. The van der Waals surface area contributed by atoms with E-state index in [-0.39, 0.29) is 17.9 Å². The quantitative estimate of drug-likeness (QED) is 0.658. The molecule has 0 spiro atoms. The lowest BCUT2D eigenvalue weighted by molar-refractivity contribution is -0.146. The molecular weight excluding hydrogens is 246 g/mol. The highest BCUT2D eigenvalue weighted by molar-refractivity contribution is 5.81. The van der Waals surface area contributed by atoms with E-state index in [1.807, 2.05) is 7.05 Å². The first-order valence-electron chi connectivity index (χ1n) is 6.92. The van der Waals surface area contributed by atoms with Crippen molar-refractivity contribution in [3.63, 3.8) is 0 Å². The van der Waals surface area contributed by atoms with Gasteiger partial charge >= 0.3 is 5.97 Å². The minimum absolute atomic E-state index is 0.0627. The number of nitrogens with two attached hydrogens (primary N) is 1. The SMILES string of the molecule is CN1CCC(NC(=O)C2CCC(N)(C(=O)O)CC2)C1. The Morgan fingerprint density at radius 2 is 1.95 bits per heavy atom. The number of nitrogens with one attached hydrogen (secondary N) is 1. The summed E-state index contributed by atoms with van der Waals surface area (Å²) >= 11 is 0. The molecule has 2 rings (SSSR count). The maximum Gasteiger partial charge on any atom is 0.323 e. The monoisotopic (exact) mass is 269 g/mol. The number of likely N-dealkylation sites (tertiary alicyclic amines) is 1. The van der Waals surface area contributed by atoms with E-state index in [1.54, 1.807) is 0 Å². The summed E-state index contributed by atoms with van der Waals surface area (Å²) in [6.45, 7) is 1.91. The molecule has 1 amide bonds. The Morgan fingerprint density at radius 1 is 1.32 bits per heavy atom. The van der Waals surface area contributed by atoms with Gasteiger partial charge in [0.1, 0.15) is 5.54 Å². The molecule has 19 heavy (non-hydrogen) atoms. The van der Waals surface area contributed by atoms with Gasteiger partial charge in [-0.2, -0.15) is 0 Å². The molecule has 1 saturated carbocycles. The fraction of sp³-hybridized carbons (Fsp3) is 0.846. The van der Waals surface area contributed by atoms with Gasteiger partial charge in [-0.05, 0) is 45.7 Å². The summed E-state index contributed by atoms with van der Waals surface area (Å²) in [5.74, 6) is -0.974. The topological polar surface area (TPSA) is 95.7 Å². The number of carbonyl (C=O) groups excluding carboxylic acids is 1. The zero-order valence-corrected chi connectivity index (χ0v) is 11.4. The molecule has 2 fully saturated rings. The van der Waals surface area contributed by atoms with Crippen LogP contribution in [-0.2, 0) is 9.59 Å². The Morgan fingerprint density at radius 3 is 2.42 bits per heavy atom. The lowest BCUT2D eigenvalue weighted by Gasteiger charge is -2.33. The Kier molecular flexibility index (Phi) is 4.10. The number of carboxylic acids is 1. The summed E-state index contributed by atoms with van der Waals surface area (Å²) in [5, 5.41) is 12.1. The van der Waals surface area contributed by atoms with Gasteiger partial charge in [-0.3, -0.25) is 9.59 Å². The first-order valence-corrected chi connectivity index (χ1v) is 6.92. The third-order valence-corrected chi connectivity index (χ3v) is 4.41. The Labute approximate surface area is 113 Å². The van der Waals surface area contributed by atoms with Crippen molar-refractivity contribution in [2.75, 3.05) is 20.1 Å². The van der Waals surface area contributed by atoms with Gasteiger partial charge in [-0.15, -0.1) is 0 Å². The van der Waals surface area contributed by atoms with E-state index in [0.29, 0.717) is 25.7 Å². The standard InChI is InChI=1S/C13H23N3O3/c1-16-7-4-10(8-16)15-11(17)9-2-5-13(14,6-3-9)12(18)19/h9-10H,2-8,14H2,1H3,(H,15,17)(H,18,19). The van der Waals surface area contributed by atoms with Crippen molar-refractivity contribution in [3.8, 4) is 0 Å². The average molecular weight is 269 g/mol. The van der Waals surface area contributed by atoms with Gasteiger partial charge in [0.05, 0.1) is 0 Å². The van der Waals surface area contributed by atoms with Crippen LogP contribution in [0.5, 0.6) is 0 Å². The maximum absolute atomic E-state index is 12.1. The number of carboxylic acid groups (broad SMARTS) is 1. The van der Waals surface area contributed by atoms with Crippen LogP contribution in [0.2, 0.25) is 0 Å². The third-order valence-electron chi connectivity index (χ3n) is 4.41. The maximum atomic E-state index is 12.1. The first kappa shape index (κ1) is 14.3. The number of nitrogens with zero attached hydrogens (tertiary/aromatic N) is 1. The van der Waals surface area contributed by atoms with Crippen LogP contribution < -0.4 is 11.1 Å². The molecule has 1 saturated heterocycles. The van der Waals surface area contributed by atoms with Crippen molar-refractivity contribution in [3.05, 3.63) is 0 Å². The molecule has 0 aromatic rings. The molecule has 2 aliphatic rings. The van der Waals surface area contributed by atoms with Crippen molar-refractivity contribution < 1.29 is 14.7 Å². The van der Waals surface area contributed by atoms with Gasteiger partial charge in [0.15, 0.2) is 0 Å². The van der Waals surface area contributed by atoms with Crippen LogP contribution in [0, 0.1) is 5.92 Å². The second kappa shape index (κ2) is 5.46. The smallest absolute Gasteiger partial charge is 0.323 e. The molecule has 0 aromatic carbocycles. The summed E-state index contributed by atoms with van der Waals surface area (Å²) in [6.07, 6.45) is 2.88. The van der Waals surface area contributed by atoms with Gasteiger partial charge in [-0.1, -0.05) is 0 Å². The second-order valence-corrected chi connectivity index (χ2v) is 5.99. The molecule has 6 heteroatoms. The van der Waals surface area contributed by atoms with Crippen molar-refractivity contribution in [1.29, 1.82) is 0 Å². The number of amides is 1. The largest absolute Gasteiger partial charge is 0.480 e. The molecule has 6 nitrogen and oxygen atoms in total. The summed E-state index contributed by atoms with van der Waals surface area (Å²) < 4.78 is 0. The lowest BCUT2D eigenvalue weighted by Crippen LogP contribution is -2.52. The highest BCUT2D eigenvalue weighted by atomic mass is 16.4. The number of hydrogen-bond donors (Lipinski definition) is 3. The van der Waals surface area contributed by atoms with Crippen molar-refractivity contribution in [2.45, 2.75) is 43.7 Å². The van der Waals surface area contributed by atoms with E-state index in [1.165, 1.54) is 0 Å². The van der Waals surface area contributed by atoms with Crippen molar-refractivity contribution in [2.24, 2.45) is 11.7 Å². The number of hydrogen-bond acceptors (Lipinski definition) is 4. The fourth-order valence-corrected chi connectivity index (χ4v) is 2.98. The van der Waals surface area contributed by atoms with Crippen molar-refractivity contribution >= 4 is 11.9 Å². The molecule has 1 heterocycles. The highest BCUT2D eigenvalue weighted by Crippen LogP contribution is 2.31. The van der Waals surface area contributed by atoms with Gasteiger partial charge in [0.2, 0.25) is 5.91 Å². The highest BCUT2D eigenvalue weighted by Gasteiger charge is 2.40. The Bertz CT molecular complexity index is 364. The van der Waals surface area contributed by atoms with Crippen LogP contribution >= 0.6 is 0 Å². The fourth-order valence-electron chi connectivity index (χ4n) is 2.98. The van der Waals surface area contributed by atoms with E-state index < -0.39 is 11.5 Å². The van der Waals surface area contributed by atoms with Crippen LogP contribution in [-0.4, -0.2) is 53.6 Å². The van der Waals surface area contributed by atoms with Crippen LogP contribution in [0.15, 0.2) is 0 Å². The van der Waals surface area contributed by atoms with Gasteiger partial charge in [0, 0.05) is 18.5 Å². The van der Waals surface area contributed by atoms with E-state index in [0.717, 1.165) is 19.5 Å². The first-order chi connectivity index (χ1) is 8.90. The van der Waals surface area contributed by atoms with Crippen LogP contribution in [0.4, 0.5) is 0 Å². The number of rotatable bonds is 3. The number of likely N-dealkylation sites (N-methyl/N-ethyl adjacent to an activating group) is 1. The molecule has 1 atom stereocenters. The van der Waals surface area contributed by atoms with E-state index in [2.05, 4.69) is 10.2 Å². The zero-order valence-electron chi connectivity index (χ0n) is 11.4. The predicted molar refractivity (Wildman–Crippen MR) is 70.6 cm³/mol. The van der Waals surface area contributed by atoms with Crippen molar-refractivity contribution in [1.82, 2.24) is 10.2 Å². The molecule has 4 N–H and O–H groups in total. The van der Waals surface area contributed by atoms with Crippen LogP contribution in [0.3, 0.4) is 0 Å². The molecule has 1 aliphatic carbocycles. The molecule has 0 radical (unpaired) electrons. The van der Waals surface area contributed by atoms with Crippen LogP contribution in [0.25, 0.3) is 0 Å². The van der Waals surface area contributed by atoms with E-state index in [9.17, 15) is 9.59 Å².